The maximum atomic E-state index is 12.3. The number of nitrogens with zero attached hydrogens (tertiary/aromatic N) is 2. The molecule has 0 radical (unpaired) electrons. The van der Waals surface area contributed by atoms with Gasteiger partial charge in [0.1, 0.15) is 0 Å². The van der Waals surface area contributed by atoms with Gasteiger partial charge in [-0.05, 0) is 16.3 Å². The van der Waals surface area contributed by atoms with Crippen LogP contribution in [0.5, 0.6) is 0 Å². The fourth-order valence-electron chi connectivity index (χ4n) is 2.59. The smallest absolute Gasteiger partial charge is 0.227 e. The molecule has 0 saturated carbocycles. The third kappa shape index (κ3) is 3.04. The van der Waals surface area contributed by atoms with Crippen LogP contribution in [0.15, 0.2) is 42.5 Å². The van der Waals surface area contributed by atoms with Crippen LogP contribution < -0.4 is 0 Å². The zero-order valence-corrected chi connectivity index (χ0v) is 11.7. The predicted octanol–water partition coefficient (Wildman–Crippen LogP) is 2.13. The van der Waals surface area contributed by atoms with Gasteiger partial charge in [0.2, 0.25) is 5.91 Å². The fraction of sp³-hybridized carbons (Fsp3) is 0.294. The summed E-state index contributed by atoms with van der Waals surface area (Å²) in [5, 5.41) is 11.2. The Balaban J connectivity index is 1.72. The largest absolute Gasteiger partial charge is 0.360 e. The summed E-state index contributed by atoms with van der Waals surface area (Å²) in [6.07, 6.45) is -0.137. The van der Waals surface area contributed by atoms with E-state index in [1.54, 1.807) is 4.90 Å². The second-order valence-electron chi connectivity index (χ2n) is 5.19. The van der Waals surface area contributed by atoms with Crippen molar-refractivity contribution in [2.45, 2.75) is 12.5 Å². The summed E-state index contributed by atoms with van der Waals surface area (Å²) in [7, 11) is 0. The van der Waals surface area contributed by atoms with Gasteiger partial charge in [0, 0.05) is 6.54 Å². The number of hydrogen-bond acceptors (Lipinski definition) is 3. The van der Waals surface area contributed by atoms with Gasteiger partial charge in [-0.1, -0.05) is 42.5 Å². The van der Waals surface area contributed by atoms with E-state index >= 15 is 0 Å². The molecule has 1 heterocycles. The van der Waals surface area contributed by atoms with E-state index in [0.29, 0.717) is 26.1 Å². The maximum absolute atomic E-state index is 12.3. The third-order valence-electron chi connectivity index (χ3n) is 3.73. The molecule has 0 aliphatic carbocycles. The SMILES string of the molecule is N#CC1CN(C(=O)Cc2ccc3ccccc3c2)CCO1. The fourth-order valence-corrected chi connectivity index (χ4v) is 2.59. The molecule has 0 aromatic heterocycles. The van der Waals surface area contributed by atoms with Crippen LogP contribution in [-0.2, 0) is 16.0 Å². The number of benzene rings is 2. The van der Waals surface area contributed by atoms with E-state index in [4.69, 9.17) is 10.00 Å². The Bertz CT molecular complexity index is 705. The first-order valence-corrected chi connectivity index (χ1v) is 7.03. The van der Waals surface area contributed by atoms with E-state index in [1.165, 1.54) is 5.39 Å². The zero-order valence-electron chi connectivity index (χ0n) is 11.7. The Morgan fingerprint density at radius 2 is 2.10 bits per heavy atom. The first kappa shape index (κ1) is 13.6. The average Bonchev–Trinajstić information content (AvgIpc) is 2.54. The predicted molar refractivity (Wildman–Crippen MR) is 79.6 cm³/mol. The molecule has 21 heavy (non-hydrogen) atoms. The minimum atomic E-state index is -0.501. The minimum absolute atomic E-state index is 0.0498. The van der Waals surface area contributed by atoms with Crippen LogP contribution in [0.25, 0.3) is 10.8 Å². The highest BCUT2D eigenvalue weighted by atomic mass is 16.5. The van der Waals surface area contributed by atoms with Crippen molar-refractivity contribution in [2.24, 2.45) is 0 Å². The van der Waals surface area contributed by atoms with Gasteiger partial charge in [-0.15, -0.1) is 0 Å². The van der Waals surface area contributed by atoms with Gasteiger partial charge in [0.05, 0.1) is 25.6 Å². The molecular formula is C17H16N2O2. The number of hydrogen-bond donors (Lipinski definition) is 0. The van der Waals surface area contributed by atoms with Crippen LogP contribution in [-0.4, -0.2) is 36.6 Å². The van der Waals surface area contributed by atoms with Crippen LogP contribution in [0.4, 0.5) is 0 Å². The highest BCUT2D eigenvalue weighted by Crippen LogP contribution is 2.17. The molecule has 1 saturated heterocycles. The monoisotopic (exact) mass is 280 g/mol. The molecule has 4 nitrogen and oxygen atoms in total. The van der Waals surface area contributed by atoms with Crippen LogP contribution in [0.1, 0.15) is 5.56 Å². The molecular weight excluding hydrogens is 264 g/mol. The first-order chi connectivity index (χ1) is 10.3. The molecule has 0 bridgehead atoms. The number of nitriles is 1. The highest BCUT2D eigenvalue weighted by molar-refractivity contribution is 5.85. The lowest BCUT2D eigenvalue weighted by molar-refractivity contribution is -0.136. The van der Waals surface area contributed by atoms with Gasteiger partial charge in [-0.2, -0.15) is 5.26 Å². The lowest BCUT2D eigenvalue weighted by Crippen LogP contribution is -2.45. The normalized spacial score (nSPS) is 18.4. The number of amides is 1. The van der Waals surface area contributed by atoms with Gasteiger partial charge >= 0.3 is 0 Å². The summed E-state index contributed by atoms with van der Waals surface area (Å²) in [4.78, 5) is 14.0. The lowest BCUT2D eigenvalue weighted by atomic mass is 10.0. The summed E-state index contributed by atoms with van der Waals surface area (Å²) in [6.45, 7) is 1.36. The van der Waals surface area contributed by atoms with Crippen molar-refractivity contribution in [3.05, 3.63) is 48.0 Å². The summed E-state index contributed by atoms with van der Waals surface area (Å²) < 4.78 is 5.26. The Hall–Kier alpha value is -2.38. The molecule has 2 aromatic carbocycles. The summed E-state index contributed by atoms with van der Waals surface area (Å²) in [6, 6.07) is 16.2. The Kier molecular flexibility index (Phi) is 3.85. The van der Waals surface area contributed by atoms with E-state index in [2.05, 4.69) is 18.2 Å². The van der Waals surface area contributed by atoms with E-state index < -0.39 is 6.10 Å². The van der Waals surface area contributed by atoms with Crippen molar-refractivity contribution in [3.8, 4) is 6.07 Å². The number of fused-ring (bicyclic) bond motifs is 1. The topological polar surface area (TPSA) is 53.3 Å². The highest BCUT2D eigenvalue weighted by Gasteiger charge is 2.23. The Morgan fingerprint density at radius 3 is 2.90 bits per heavy atom. The molecule has 3 rings (SSSR count). The van der Waals surface area contributed by atoms with Crippen LogP contribution >= 0.6 is 0 Å². The molecule has 1 unspecified atom stereocenters. The lowest BCUT2D eigenvalue weighted by Gasteiger charge is -2.29. The van der Waals surface area contributed by atoms with E-state index in [0.717, 1.165) is 10.9 Å². The number of morpholine rings is 1. The van der Waals surface area contributed by atoms with Gasteiger partial charge < -0.3 is 9.64 Å². The van der Waals surface area contributed by atoms with Crippen LogP contribution in [0.3, 0.4) is 0 Å². The Morgan fingerprint density at radius 1 is 1.29 bits per heavy atom. The van der Waals surface area contributed by atoms with Gasteiger partial charge in [-0.25, -0.2) is 0 Å². The van der Waals surface area contributed by atoms with Crippen molar-refractivity contribution < 1.29 is 9.53 Å². The maximum Gasteiger partial charge on any atom is 0.227 e. The minimum Gasteiger partial charge on any atom is -0.360 e. The standard InChI is InChI=1S/C17H16N2O2/c18-11-16-12-19(7-8-21-16)17(20)10-13-5-6-14-3-1-2-4-15(14)9-13/h1-6,9,16H,7-8,10,12H2. The number of rotatable bonds is 2. The van der Waals surface area contributed by atoms with E-state index in [1.807, 2.05) is 30.3 Å². The van der Waals surface area contributed by atoms with Crippen molar-refractivity contribution in [1.82, 2.24) is 4.90 Å². The zero-order chi connectivity index (χ0) is 14.7. The summed E-state index contributed by atoms with van der Waals surface area (Å²) >= 11 is 0. The molecule has 106 valence electrons. The number of ether oxygens (including phenoxy) is 1. The molecule has 0 spiro atoms. The van der Waals surface area contributed by atoms with E-state index in [9.17, 15) is 4.79 Å². The average molecular weight is 280 g/mol. The van der Waals surface area contributed by atoms with Gasteiger partial charge in [0.25, 0.3) is 0 Å². The third-order valence-corrected chi connectivity index (χ3v) is 3.73. The van der Waals surface area contributed by atoms with Crippen molar-refractivity contribution in [2.75, 3.05) is 19.7 Å². The number of carbonyl (C=O) groups is 1. The van der Waals surface area contributed by atoms with Crippen LogP contribution in [0.2, 0.25) is 0 Å². The molecule has 1 amide bonds. The molecule has 2 aromatic rings. The van der Waals surface area contributed by atoms with Crippen molar-refractivity contribution in [1.29, 1.82) is 5.26 Å². The second-order valence-corrected chi connectivity index (χ2v) is 5.19. The summed E-state index contributed by atoms with van der Waals surface area (Å²) in [5.41, 5.74) is 0.999. The number of carbonyl (C=O) groups excluding carboxylic acids is 1. The quantitative estimate of drug-likeness (QED) is 0.847. The molecule has 1 atom stereocenters. The molecule has 1 fully saturated rings. The molecule has 1 aliphatic rings. The van der Waals surface area contributed by atoms with Gasteiger partial charge in [0.15, 0.2) is 6.10 Å². The molecule has 4 heteroatoms. The Labute approximate surface area is 123 Å². The van der Waals surface area contributed by atoms with Crippen LogP contribution in [0, 0.1) is 11.3 Å². The molecule has 0 N–H and O–H groups in total. The van der Waals surface area contributed by atoms with Crippen molar-refractivity contribution in [3.63, 3.8) is 0 Å². The second kappa shape index (κ2) is 5.94. The van der Waals surface area contributed by atoms with Gasteiger partial charge in [-0.3, -0.25) is 4.79 Å². The molecule has 1 aliphatic heterocycles. The first-order valence-electron chi connectivity index (χ1n) is 7.03. The summed E-state index contributed by atoms with van der Waals surface area (Å²) in [5.74, 6) is 0.0498. The van der Waals surface area contributed by atoms with Crippen molar-refractivity contribution >= 4 is 16.7 Å². The van der Waals surface area contributed by atoms with E-state index in [-0.39, 0.29) is 5.91 Å².